The minimum Gasteiger partial charge on any atom is -0.388 e. The summed E-state index contributed by atoms with van der Waals surface area (Å²) in [6.45, 7) is 0. The molecule has 16 heavy (non-hydrogen) atoms. The van der Waals surface area contributed by atoms with Crippen molar-refractivity contribution in [1.82, 2.24) is 0 Å². The lowest BCUT2D eigenvalue weighted by Crippen LogP contribution is -2.26. The molecule has 1 aromatic rings. The highest BCUT2D eigenvalue weighted by Crippen LogP contribution is 2.53. The van der Waals surface area contributed by atoms with Crippen LogP contribution in [-0.2, 0) is 5.41 Å². The fraction of sp³-hybridized carbons (Fsp3) is 0.571. The van der Waals surface area contributed by atoms with Crippen molar-refractivity contribution in [3.05, 3.63) is 33.8 Å². The summed E-state index contributed by atoms with van der Waals surface area (Å²) < 4.78 is 1.08. The average molecular weight is 281 g/mol. The summed E-state index contributed by atoms with van der Waals surface area (Å²) in [6.07, 6.45) is 7.23. The number of fused-ring (bicyclic) bond motifs is 2. The van der Waals surface area contributed by atoms with Crippen LogP contribution in [0.4, 0.5) is 0 Å². The fourth-order valence-corrected chi connectivity index (χ4v) is 3.96. The summed E-state index contributed by atoms with van der Waals surface area (Å²) in [5.41, 5.74) is 2.88. The number of benzene rings is 1. The molecule has 1 fully saturated rings. The first kappa shape index (κ1) is 10.8. The summed E-state index contributed by atoms with van der Waals surface area (Å²) in [7, 11) is 0. The zero-order chi connectivity index (χ0) is 11.2. The Bertz CT molecular complexity index is 407. The van der Waals surface area contributed by atoms with Crippen LogP contribution in [0.15, 0.2) is 22.7 Å². The monoisotopic (exact) mass is 280 g/mol. The second kappa shape index (κ2) is 3.85. The van der Waals surface area contributed by atoms with Gasteiger partial charge in [0.1, 0.15) is 0 Å². The van der Waals surface area contributed by atoms with E-state index in [0.717, 1.165) is 16.5 Å². The lowest BCUT2D eigenvalue weighted by atomic mass is 9.70. The van der Waals surface area contributed by atoms with Gasteiger partial charge in [0.25, 0.3) is 0 Å². The molecule has 1 nitrogen and oxygen atoms in total. The van der Waals surface area contributed by atoms with Crippen molar-refractivity contribution < 1.29 is 5.11 Å². The smallest absolute Gasteiger partial charge is 0.0801 e. The maximum Gasteiger partial charge on any atom is 0.0801 e. The molecule has 0 radical (unpaired) electrons. The fourth-order valence-electron chi connectivity index (χ4n) is 3.58. The topological polar surface area (TPSA) is 20.2 Å². The van der Waals surface area contributed by atoms with Gasteiger partial charge in [-0.25, -0.2) is 0 Å². The third-order valence-corrected chi connectivity index (χ3v) is 4.83. The minimum absolute atomic E-state index is 0.245. The molecule has 0 unspecified atom stereocenters. The Hall–Kier alpha value is -0.340. The SMILES string of the molecule is O[C@@H]1CC2(CCCCC2)c2ccc(Br)cc21. The van der Waals surface area contributed by atoms with E-state index in [-0.39, 0.29) is 6.10 Å². The molecule has 0 amide bonds. The quantitative estimate of drug-likeness (QED) is 0.759. The largest absolute Gasteiger partial charge is 0.388 e. The Kier molecular flexibility index (Phi) is 2.60. The summed E-state index contributed by atoms with van der Waals surface area (Å²) in [4.78, 5) is 0. The highest BCUT2D eigenvalue weighted by molar-refractivity contribution is 9.10. The molecular weight excluding hydrogens is 264 g/mol. The molecule has 1 atom stereocenters. The van der Waals surface area contributed by atoms with Gasteiger partial charge < -0.3 is 5.11 Å². The van der Waals surface area contributed by atoms with Gasteiger partial charge in [-0.05, 0) is 47.9 Å². The lowest BCUT2D eigenvalue weighted by Gasteiger charge is -2.34. The van der Waals surface area contributed by atoms with Crippen molar-refractivity contribution in [2.75, 3.05) is 0 Å². The van der Waals surface area contributed by atoms with Crippen LogP contribution in [0.5, 0.6) is 0 Å². The van der Waals surface area contributed by atoms with Crippen LogP contribution in [-0.4, -0.2) is 5.11 Å². The molecule has 2 aliphatic rings. The molecule has 1 N–H and O–H groups in total. The van der Waals surface area contributed by atoms with Gasteiger partial charge in [0.15, 0.2) is 0 Å². The number of hydrogen-bond acceptors (Lipinski definition) is 1. The van der Waals surface area contributed by atoms with E-state index in [1.165, 1.54) is 37.7 Å². The van der Waals surface area contributed by atoms with Gasteiger partial charge in [-0.2, -0.15) is 0 Å². The van der Waals surface area contributed by atoms with E-state index in [0.29, 0.717) is 5.41 Å². The van der Waals surface area contributed by atoms with Crippen molar-refractivity contribution in [3.63, 3.8) is 0 Å². The maximum atomic E-state index is 10.2. The average Bonchev–Trinajstić information content (AvgIpc) is 2.53. The third-order valence-electron chi connectivity index (χ3n) is 4.34. The molecule has 3 rings (SSSR count). The van der Waals surface area contributed by atoms with Gasteiger partial charge in [-0.3, -0.25) is 0 Å². The standard InChI is InChI=1S/C14H17BrO/c15-10-4-5-12-11(8-10)13(16)9-14(12)6-2-1-3-7-14/h4-5,8,13,16H,1-3,6-7,9H2/t13-/m1/s1. The molecule has 1 saturated carbocycles. The Morgan fingerprint density at radius 3 is 2.69 bits per heavy atom. The number of halogens is 1. The number of rotatable bonds is 0. The van der Waals surface area contributed by atoms with Gasteiger partial charge in [0.05, 0.1) is 6.10 Å². The van der Waals surface area contributed by atoms with E-state index in [2.05, 4.69) is 34.1 Å². The molecule has 1 spiro atoms. The highest BCUT2D eigenvalue weighted by Gasteiger charge is 2.43. The van der Waals surface area contributed by atoms with Crippen LogP contribution >= 0.6 is 15.9 Å². The Labute approximate surface area is 105 Å². The molecular formula is C14H17BrO. The van der Waals surface area contributed by atoms with Gasteiger partial charge in [-0.15, -0.1) is 0 Å². The van der Waals surface area contributed by atoms with Gasteiger partial charge in [0, 0.05) is 4.47 Å². The van der Waals surface area contributed by atoms with Gasteiger partial charge in [0.2, 0.25) is 0 Å². The molecule has 0 saturated heterocycles. The first-order valence-electron chi connectivity index (χ1n) is 6.19. The number of hydrogen-bond donors (Lipinski definition) is 1. The molecule has 2 aliphatic carbocycles. The van der Waals surface area contributed by atoms with Crippen LogP contribution in [0, 0.1) is 0 Å². The van der Waals surface area contributed by atoms with Gasteiger partial charge >= 0.3 is 0 Å². The Morgan fingerprint density at radius 1 is 1.19 bits per heavy atom. The van der Waals surface area contributed by atoms with Crippen molar-refractivity contribution in [2.24, 2.45) is 0 Å². The molecule has 0 heterocycles. The van der Waals surface area contributed by atoms with E-state index >= 15 is 0 Å². The predicted molar refractivity (Wildman–Crippen MR) is 68.5 cm³/mol. The molecule has 0 aliphatic heterocycles. The predicted octanol–water partition coefficient (Wildman–Crippen LogP) is 4.09. The highest BCUT2D eigenvalue weighted by atomic mass is 79.9. The van der Waals surface area contributed by atoms with Crippen molar-refractivity contribution >= 4 is 15.9 Å². The summed E-state index contributed by atoms with van der Waals surface area (Å²) >= 11 is 3.49. The van der Waals surface area contributed by atoms with Crippen molar-refractivity contribution in [2.45, 2.75) is 50.0 Å². The number of aliphatic hydroxyl groups excluding tert-OH is 1. The zero-order valence-corrected chi connectivity index (χ0v) is 11.0. The summed E-state index contributed by atoms with van der Waals surface area (Å²) in [5.74, 6) is 0. The second-order valence-corrected chi connectivity index (χ2v) is 6.21. The second-order valence-electron chi connectivity index (χ2n) is 5.29. The van der Waals surface area contributed by atoms with Crippen LogP contribution in [0.3, 0.4) is 0 Å². The summed E-state index contributed by atoms with van der Waals surface area (Å²) in [5, 5.41) is 10.2. The van der Waals surface area contributed by atoms with Crippen LogP contribution in [0.2, 0.25) is 0 Å². The first-order valence-corrected chi connectivity index (χ1v) is 6.99. The Morgan fingerprint density at radius 2 is 1.94 bits per heavy atom. The normalized spacial score (nSPS) is 27.0. The lowest BCUT2D eigenvalue weighted by molar-refractivity contribution is 0.139. The molecule has 0 aromatic heterocycles. The van der Waals surface area contributed by atoms with Crippen molar-refractivity contribution in [3.8, 4) is 0 Å². The third kappa shape index (κ3) is 1.54. The zero-order valence-electron chi connectivity index (χ0n) is 9.38. The van der Waals surface area contributed by atoms with E-state index in [4.69, 9.17) is 0 Å². The first-order chi connectivity index (χ1) is 7.71. The summed E-state index contributed by atoms with van der Waals surface area (Å²) in [6, 6.07) is 6.44. The van der Waals surface area contributed by atoms with Crippen LogP contribution in [0.25, 0.3) is 0 Å². The van der Waals surface area contributed by atoms with E-state index < -0.39 is 0 Å². The van der Waals surface area contributed by atoms with Crippen LogP contribution < -0.4 is 0 Å². The van der Waals surface area contributed by atoms with Gasteiger partial charge in [-0.1, -0.05) is 41.3 Å². The number of aliphatic hydroxyl groups is 1. The maximum absolute atomic E-state index is 10.2. The van der Waals surface area contributed by atoms with Crippen LogP contribution in [0.1, 0.15) is 55.8 Å². The minimum atomic E-state index is -0.245. The molecule has 1 aromatic carbocycles. The molecule has 2 heteroatoms. The van der Waals surface area contributed by atoms with E-state index in [9.17, 15) is 5.11 Å². The van der Waals surface area contributed by atoms with E-state index in [1.807, 2.05) is 0 Å². The molecule has 86 valence electrons. The van der Waals surface area contributed by atoms with E-state index in [1.54, 1.807) is 0 Å². The van der Waals surface area contributed by atoms with Crippen molar-refractivity contribution in [1.29, 1.82) is 0 Å². The Balaban J connectivity index is 2.07. The molecule has 0 bridgehead atoms.